The lowest BCUT2D eigenvalue weighted by Gasteiger charge is -2.20. The molecular formula is C10H12Cl2N4O4S. The first-order valence-corrected chi connectivity index (χ1v) is 7.57. The van der Waals surface area contributed by atoms with Crippen LogP contribution in [0.1, 0.15) is 0 Å². The van der Waals surface area contributed by atoms with Gasteiger partial charge < -0.3 is 17.2 Å². The molecule has 0 aliphatic rings. The Morgan fingerprint density at radius 1 is 1.10 bits per heavy atom. The van der Waals surface area contributed by atoms with E-state index >= 15 is 0 Å². The highest BCUT2D eigenvalue weighted by Gasteiger charge is 2.30. The summed E-state index contributed by atoms with van der Waals surface area (Å²) in [5.41, 5.74) is 15.3. The van der Waals surface area contributed by atoms with E-state index in [1.807, 2.05) is 0 Å². The number of amides is 2. The Balaban J connectivity index is 3.38. The first-order chi connectivity index (χ1) is 9.57. The minimum Gasteiger partial charge on any atom is -0.396 e. The summed E-state index contributed by atoms with van der Waals surface area (Å²) in [5, 5.41) is -0.253. The van der Waals surface area contributed by atoms with E-state index in [0.717, 1.165) is 6.07 Å². The molecule has 0 radical (unpaired) electrons. The normalized spacial score (nSPS) is 11.6. The molecule has 11 heteroatoms. The molecule has 0 aliphatic heterocycles. The molecular weight excluding hydrogens is 343 g/mol. The third kappa shape index (κ3) is 3.97. The third-order valence-electron chi connectivity index (χ3n) is 2.37. The molecule has 1 aromatic carbocycles. The van der Waals surface area contributed by atoms with E-state index in [9.17, 15) is 18.0 Å². The standard InChI is InChI=1S/C10H12Cl2N4O4S/c11-5-1-2-6(9(12)10(5)15)21(19,20)16(3-7(13)17)4-8(14)18/h1-2H,3-4,15H2,(H2,13,17)(H2,14,18). The SMILES string of the molecule is NC(=O)CN(CC(N)=O)S(=O)(=O)c1ccc(Cl)c(N)c1Cl. The second kappa shape index (κ2) is 6.48. The van der Waals surface area contributed by atoms with Gasteiger partial charge in [-0.25, -0.2) is 8.42 Å². The summed E-state index contributed by atoms with van der Waals surface area (Å²) in [4.78, 5) is 21.5. The van der Waals surface area contributed by atoms with Crippen LogP contribution in [0.3, 0.4) is 0 Å². The van der Waals surface area contributed by atoms with E-state index in [1.54, 1.807) is 0 Å². The summed E-state index contributed by atoms with van der Waals surface area (Å²) in [6.45, 7) is -1.46. The molecule has 0 aliphatic carbocycles. The average Bonchev–Trinajstić information content (AvgIpc) is 2.33. The molecule has 0 spiro atoms. The number of anilines is 1. The number of carbonyl (C=O) groups excluding carboxylic acids is 2. The van der Waals surface area contributed by atoms with E-state index in [-0.39, 0.29) is 15.7 Å². The van der Waals surface area contributed by atoms with Crippen LogP contribution < -0.4 is 17.2 Å². The Labute approximate surface area is 130 Å². The maximum Gasteiger partial charge on any atom is 0.245 e. The number of hydrogen-bond acceptors (Lipinski definition) is 5. The molecule has 0 saturated heterocycles. The fourth-order valence-electron chi connectivity index (χ4n) is 1.46. The lowest BCUT2D eigenvalue weighted by atomic mass is 10.3. The minimum absolute atomic E-state index is 0.0651. The highest BCUT2D eigenvalue weighted by molar-refractivity contribution is 7.89. The zero-order chi connectivity index (χ0) is 16.4. The first kappa shape index (κ1) is 17.5. The number of nitrogen functional groups attached to an aromatic ring is 1. The predicted molar refractivity (Wildman–Crippen MR) is 78.0 cm³/mol. The van der Waals surface area contributed by atoms with Crippen LogP contribution in [0.4, 0.5) is 5.69 Å². The number of halogens is 2. The molecule has 8 nitrogen and oxygen atoms in total. The van der Waals surface area contributed by atoms with Gasteiger partial charge in [-0.2, -0.15) is 4.31 Å². The summed E-state index contributed by atoms with van der Waals surface area (Å²) in [5.74, 6) is -1.92. The molecule has 6 N–H and O–H groups in total. The summed E-state index contributed by atoms with van der Waals surface area (Å²) in [7, 11) is -4.30. The highest BCUT2D eigenvalue weighted by Crippen LogP contribution is 2.34. The lowest BCUT2D eigenvalue weighted by molar-refractivity contribution is -0.120. The van der Waals surface area contributed by atoms with Crippen molar-refractivity contribution in [2.75, 3.05) is 18.8 Å². The van der Waals surface area contributed by atoms with Gasteiger partial charge in [-0.1, -0.05) is 23.2 Å². The van der Waals surface area contributed by atoms with Crippen LogP contribution in [-0.2, 0) is 19.6 Å². The van der Waals surface area contributed by atoms with E-state index in [2.05, 4.69) is 0 Å². The number of sulfonamides is 1. The van der Waals surface area contributed by atoms with Crippen LogP contribution >= 0.6 is 23.2 Å². The smallest absolute Gasteiger partial charge is 0.245 e. The van der Waals surface area contributed by atoms with E-state index in [4.69, 9.17) is 40.4 Å². The number of benzene rings is 1. The van der Waals surface area contributed by atoms with Gasteiger partial charge in [0, 0.05) is 0 Å². The topological polar surface area (TPSA) is 150 Å². The maximum absolute atomic E-state index is 12.4. The zero-order valence-electron chi connectivity index (χ0n) is 10.5. The van der Waals surface area contributed by atoms with Crippen molar-refractivity contribution < 1.29 is 18.0 Å². The van der Waals surface area contributed by atoms with Crippen molar-refractivity contribution in [2.24, 2.45) is 11.5 Å². The fraction of sp³-hybridized carbons (Fsp3) is 0.200. The van der Waals surface area contributed by atoms with Crippen LogP contribution in [0, 0.1) is 0 Å². The quantitative estimate of drug-likeness (QED) is 0.590. The molecule has 0 saturated carbocycles. The summed E-state index contributed by atoms with van der Waals surface area (Å²) in [6.07, 6.45) is 0. The van der Waals surface area contributed by atoms with Gasteiger partial charge in [-0.3, -0.25) is 9.59 Å². The minimum atomic E-state index is -4.30. The second-order valence-electron chi connectivity index (χ2n) is 3.98. The molecule has 21 heavy (non-hydrogen) atoms. The summed E-state index contributed by atoms with van der Waals surface area (Å²) in [6, 6.07) is 2.33. The van der Waals surface area contributed by atoms with E-state index in [0.29, 0.717) is 4.31 Å². The molecule has 0 heterocycles. The molecule has 0 atom stereocenters. The van der Waals surface area contributed by atoms with Crippen molar-refractivity contribution in [1.82, 2.24) is 4.31 Å². The highest BCUT2D eigenvalue weighted by atomic mass is 35.5. The van der Waals surface area contributed by atoms with Crippen LogP contribution in [0.15, 0.2) is 17.0 Å². The van der Waals surface area contributed by atoms with Crippen LogP contribution in [0.25, 0.3) is 0 Å². The van der Waals surface area contributed by atoms with Gasteiger partial charge in [0.05, 0.1) is 28.8 Å². The Morgan fingerprint density at radius 3 is 2.00 bits per heavy atom. The van der Waals surface area contributed by atoms with Crippen molar-refractivity contribution in [3.05, 3.63) is 22.2 Å². The van der Waals surface area contributed by atoms with Crippen LogP contribution in [-0.4, -0.2) is 37.6 Å². The Morgan fingerprint density at radius 2 is 1.57 bits per heavy atom. The van der Waals surface area contributed by atoms with Gasteiger partial charge in [0.1, 0.15) is 4.90 Å². The molecule has 116 valence electrons. The largest absolute Gasteiger partial charge is 0.396 e. The number of primary amides is 2. The van der Waals surface area contributed by atoms with Crippen LogP contribution in [0.2, 0.25) is 10.0 Å². The predicted octanol–water partition coefficient (Wildman–Crippen LogP) is -0.463. The second-order valence-corrected chi connectivity index (χ2v) is 6.67. The summed E-state index contributed by atoms with van der Waals surface area (Å²) >= 11 is 11.6. The maximum atomic E-state index is 12.4. The molecule has 0 aromatic heterocycles. The lowest BCUT2D eigenvalue weighted by Crippen LogP contribution is -2.43. The third-order valence-corrected chi connectivity index (χ3v) is 5.06. The van der Waals surface area contributed by atoms with Crippen molar-refractivity contribution in [3.63, 3.8) is 0 Å². The van der Waals surface area contributed by atoms with Gasteiger partial charge in [-0.05, 0) is 12.1 Å². The Kier molecular flexibility index (Phi) is 5.40. The zero-order valence-corrected chi connectivity index (χ0v) is 12.9. The fourth-order valence-corrected chi connectivity index (χ4v) is 3.57. The van der Waals surface area contributed by atoms with Crippen molar-refractivity contribution >= 4 is 50.7 Å². The van der Waals surface area contributed by atoms with Crippen molar-refractivity contribution in [1.29, 1.82) is 0 Å². The average molecular weight is 355 g/mol. The van der Waals surface area contributed by atoms with Crippen LogP contribution in [0.5, 0.6) is 0 Å². The number of hydrogen-bond donors (Lipinski definition) is 3. The number of rotatable bonds is 6. The molecule has 2 amide bonds. The van der Waals surface area contributed by atoms with Gasteiger partial charge in [-0.15, -0.1) is 0 Å². The Hall–Kier alpha value is -1.55. The molecule has 1 aromatic rings. The molecule has 0 fully saturated rings. The number of nitrogens with zero attached hydrogens (tertiary/aromatic N) is 1. The summed E-state index contributed by atoms with van der Waals surface area (Å²) < 4.78 is 25.3. The molecule has 1 rings (SSSR count). The molecule has 0 bridgehead atoms. The number of nitrogens with two attached hydrogens (primary N) is 3. The van der Waals surface area contributed by atoms with Gasteiger partial charge >= 0.3 is 0 Å². The Bertz CT molecular complexity index is 677. The van der Waals surface area contributed by atoms with Crippen molar-refractivity contribution in [2.45, 2.75) is 4.90 Å². The van der Waals surface area contributed by atoms with E-state index < -0.39 is 39.8 Å². The molecule has 0 unspecified atom stereocenters. The number of carbonyl (C=O) groups is 2. The first-order valence-electron chi connectivity index (χ1n) is 5.37. The van der Waals surface area contributed by atoms with Gasteiger partial charge in [0.15, 0.2) is 0 Å². The van der Waals surface area contributed by atoms with Gasteiger partial charge in [0.2, 0.25) is 21.8 Å². The monoisotopic (exact) mass is 354 g/mol. The van der Waals surface area contributed by atoms with E-state index in [1.165, 1.54) is 6.07 Å². The van der Waals surface area contributed by atoms with Gasteiger partial charge in [0.25, 0.3) is 0 Å². The van der Waals surface area contributed by atoms with Crippen molar-refractivity contribution in [3.8, 4) is 0 Å².